The Morgan fingerprint density at radius 2 is 1.54 bits per heavy atom. The van der Waals surface area contributed by atoms with Gasteiger partial charge in [0.25, 0.3) is 0 Å². The van der Waals surface area contributed by atoms with Crippen molar-refractivity contribution in [1.82, 2.24) is 0 Å². The number of halogens is 1. The molecule has 128 valence electrons. The second kappa shape index (κ2) is 6.26. The van der Waals surface area contributed by atoms with Crippen LogP contribution in [-0.2, 0) is 9.84 Å². The van der Waals surface area contributed by atoms with Gasteiger partial charge in [-0.15, -0.1) is 0 Å². The van der Waals surface area contributed by atoms with E-state index in [2.05, 4.69) is 15.9 Å². The van der Waals surface area contributed by atoms with Crippen LogP contribution in [0.4, 0.5) is 0 Å². The summed E-state index contributed by atoms with van der Waals surface area (Å²) in [6.45, 7) is 1.14. The van der Waals surface area contributed by atoms with E-state index >= 15 is 0 Å². The average Bonchev–Trinajstić information content (AvgIpc) is 3.26. The molecule has 2 N–H and O–H groups in total. The first-order valence-electron chi connectivity index (χ1n) is 7.64. The van der Waals surface area contributed by atoms with Crippen molar-refractivity contribution in [2.45, 2.75) is 23.0 Å². The molecule has 1 saturated carbocycles. The van der Waals surface area contributed by atoms with E-state index in [0.29, 0.717) is 0 Å². The number of hydrogen-bond donors (Lipinski definition) is 2. The van der Waals surface area contributed by atoms with E-state index in [1.807, 2.05) is 31.2 Å². The van der Waals surface area contributed by atoms with Crippen molar-refractivity contribution in [2.75, 3.05) is 13.2 Å². The Balaban J connectivity index is 2.04. The van der Waals surface area contributed by atoms with Crippen LogP contribution >= 0.6 is 15.9 Å². The molecule has 1 aliphatic rings. The number of rotatable bonds is 5. The molecule has 2 atom stereocenters. The van der Waals surface area contributed by atoms with Gasteiger partial charge in [0, 0.05) is 15.8 Å². The quantitative estimate of drug-likeness (QED) is 0.794. The lowest BCUT2D eigenvalue weighted by atomic mass is 10.0. The van der Waals surface area contributed by atoms with E-state index in [-0.39, 0.29) is 18.1 Å². The van der Waals surface area contributed by atoms with Gasteiger partial charge < -0.3 is 10.2 Å². The largest absolute Gasteiger partial charge is 0.396 e. The highest BCUT2D eigenvalue weighted by Gasteiger charge is 2.70. The van der Waals surface area contributed by atoms with Crippen molar-refractivity contribution in [1.29, 1.82) is 0 Å². The molecule has 1 fully saturated rings. The molecule has 3 rings (SSSR count). The summed E-state index contributed by atoms with van der Waals surface area (Å²) < 4.78 is 27.0. The van der Waals surface area contributed by atoms with Crippen LogP contribution in [0.3, 0.4) is 0 Å². The molecular formula is C18H19BrO4S. The number of aryl methyl sites for hydroxylation is 1. The molecule has 6 heteroatoms. The smallest absolute Gasteiger partial charge is 0.182 e. The molecule has 0 amide bonds. The first-order chi connectivity index (χ1) is 11.4. The molecule has 0 heterocycles. The highest BCUT2D eigenvalue weighted by atomic mass is 79.9. The second-order valence-corrected chi connectivity index (χ2v) is 9.34. The first-order valence-corrected chi connectivity index (χ1v) is 9.98. The Hall–Kier alpha value is -1.21. The molecule has 0 radical (unpaired) electrons. The van der Waals surface area contributed by atoms with Gasteiger partial charge in [0.1, 0.15) is 0 Å². The zero-order valence-corrected chi connectivity index (χ0v) is 15.6. The first kappa shape index (κ1) is 17.6. The molecule has 0 unspecified atom stereocenters. The third-order valence-electron chi connectivity index (χ3n) is 4.88. The maximum Gasteiger partial charge on any atom is 0.182 e. The number of sulfone groups is 1. The van der Waals surface area contributed by atoms with Gasteiger partial charge in [0.05, 0.1) is 23.4 Å². The lowest BCUT2D eigenvalue weighted by Crippen LogP contribution is -2.23. The fourth-order valence-corrected chi connectivity index (χ4v) is 6.11. The van der Waals surface area contributed by atoms with Crippen molar-refractivity contribution in [2.24, 2.45) is 5.41 Å². The molecular weight excluding hydrogens is 392 g/mol. The van der Waals surface area contributed by atoms with Crippen LogP contribution in [0, 0.1) is 12.3 Å². The van der Waals surface area contributed by atoms with Crippen LogP contribution in [0.1, 0.15) is 17.0 Å². The summed E-state index contributed by atoms with van der Waals surface area (Å²) in [6.07, 6.45) is 0. The average molecular weight is 411 g/mol. The minimum absolute atomic E-state index is 0.226. The number of aliphatic hydroxyl groups excluding tert-OH is 2. The van der Waals surface area contributed by atoms with Crippen LogP contribution in [-0.4, -0.2) is 37.1 Å². The standard InChI is InChI=1S/C18H19BrO4S/c1-12-2-8-15(9-3-12)24(22,23)17-16(18(17,10-20)11-21)13-4-6-14(19)7-5-13/h2-9,16-17,20-21H,10-11H2,1H3/t16-,17+/m0/s1. The minimum Gasteiger partial charge on any atom is -0.396 e. The van der Waals surface area contributed by atoms with Crippen molar-refractivity contribution >= 4 is 25.8 Å². The SMILES string of the molecule is Cc1ccc(S(=O)(=O)[C@@H]2[C@H](c3ccc(Br)cc3)C2(CO)CO)cc1. The summed E-state index contributed by atoms with van der Waals surface area (Å²) in [4.78, 5) is 0.226. The molecule has 24 heavy (non-hydrogen) atoms. The molecule has 4 nitrogen and oxygen atoms in total. The Kier molecular flexibility index (Phi) is 4.59. The van der Waals surface area contributed by atoms with Crippen molar-refractivity contribution in [3.8, 4) is 0 Å². The summed E-state index contributed by atoms with van der Waals surface area (Å²) in [5.41, 5.74) is 0.740. The Morgan fingerprint density at radius 3 is 2.04 bits per heavy atom. The molecule has 0 saturated heterocycles. The molecule has 2 aromatic rings. The molecule has 1 aliphatic carbocycles. The van der Waals surface area contributed by atoms with Gasteiger partial charge in [-0.1, -0.05) is 45.8 Å². The Labute approximate surface area is 150 Å². The van der Waals surface area contributed by atoms with Gasteiger partial charge in [0.2, 0.25) is 0 Å². The van der Waals surface area contributed by atoms with E-state index in [1.165, 1.54) is 0 Å². The van der Waals surface area contributed by atoms with E-state index in [9.17, 15) is 18.6 Å². The number of aliphatic hydroxyl groups is 2. The van der Waals surface area contributed by atoms with Crippen molar-refractivity contribution < 1.29 is 18.6 Å². The van der Waals surface area contributed by atoms with Crippen molar-refractivity contribution in [3.05, 3.63) is 64.1 Å². The van der Waals surface area contributed by atoms with E-state index in [0.717, 1.165) is 15.6 Å². The summed E-state index contributed by atoms with van der Waals surface area (Å²) in [5.74, 6) is -0.424. The lowest BCUT2D eigenvalue weighted by molar-refractivity contribution is 0.130. The fraction of sp³-hybridized carbons (Fsp3) is 0.333. The second-order valence-electron chi connectivity index (χ2n) is 6.36. The summed E-state index contributed by atoms with van der Waals surface area (Å²) in [5, 5.41) is 18.8. The zero-order valence-electron chi connectivity index (χ0n) is 13.2. The van der Waals surface area contributed by atoms with Gasteiger partial charge in [-0.25, -0.2) is 8.42 Å². The van der Waals surface area contributed by atoms with Gasteiger partial charge in [-0.2, -0.15) is 0 Å². The molecule has 0 spiro atoms. The van der Waals surface area contributed by atoms with Crippen LogP contribution in [0.5, 0.6) is 0 Å². The zero-order chi connectivity index (χ0) is 17.5. The summed E-state index contributed by atoms with van der Waals surface area (Å²) in [6, 6.07) is 14.0. The van der Waals surface area contributed by atoms with Crippen LogP contribution in [0.25, 0.3) is 0 Å². The normalized spacial score (nSPS) is 22.3. The van der Waals surface area contributed by atoms with Gasteiger partial charge in [-0.05, 0) is 36.8 Å². The summed E-state index contributed by atoms with van der Waals surface area (Å²) in [7, 11) is -3.65. The third-order valence-corrected chi connectivity index (χ3v) is 7.75. The topological polar surface area (TPSA) is 74.6 Å². The summed E-state index contributed by atoms with van der Waals surface area (Å²) >= 11 is 3.36. The van der Waals surface area contributed by atoms with Crippen molar-refractivity contribution in [3.63, 3.8) is 0 Å². The number of hydrogen-bond acceptors (Lipinski definition) is 4. The molecule has 0 bridgehead atoms. The van der Waals surface area contributed by atoms with Gasteiger partial charge in [0.15, 0.2) is 9.84 Å². The maximum absolute atomic E-state index is 13.1. The Bertz CT molecular complexity index is 824. The van der Waals surface area contributed by atoms with E-state index in [4.69, 9.17) is 0 Å². The molecule has 0 aliphatic heterocycles. The third kappa shape index (κ3) is 2.71. The lowest BCUT2D eigenvalue weighted by Gasteiger charge is -2.11. The van der Waals surface area contributed by atoms with Gasteiger partial charge >= 0.3 is 0 Å². The van der Waals surface area contributed by atoms with Gasteiger partial charge in [-0.3, -0.25) is 0 Å². The van der Waals surface area contributed by atoms with Crippen LogP contribution < -0.4 is 0 Å². The fourth-order valence-electron chi connectivity index (χ4n) is 3.42. The van der Waals surface area contributed by atoms with Crippen LogP contribution in [0.15, 0.2) is 57.9 Å². The van der Waals surface area contributed by atoms with Crippen LogP contribution in [0.2, 0.25) is 0 Å². The monoisotopic (exact) mass is 410 g/mol. The molecule has 0 aromatic heterocycles. The number of benzene rings is 2. The maximum atomic E-state index is 13.1. The highest BCUT2D eigenvalue weighted by molar-refractivity contribution is 9.10. The predicted octanol–water partition coefficient (Wildman–Crippen LogP) is 2.67. The minimum atomic E-state index is -3.65. The van der Waals surface area contributed by atoms with E-state index in [1.54, 1.807) is 24.3 Å². The Morgan fingerprint density at radius 1 is 1.00 bits per heavy atom. The molecule has 2 aromatic carbocycles. The highest BCUT2D eigenvalue weighted by Crippen LogP contribution is 2.63. The van der Waals surface area contributed by atoms with E-state index < -0.39 is 26.4 Å². The predicted molar refractivity (Wildman–Crippen MR) is 95.6 cm³/mol.